The van der Waals surface area contributed by atoms with Crippen LogP contribution in [0.2, 0.25) is 5.02 Å². The van der Waals surface area contributed by atoms with Crippen LogP contribution in [0, 0.1) is 0 Å². The standard InChI is InChI=1S/C18H22ClN5O2/c1-5-24-22-16(13-8-7-12(26-4)10-14(13)19)17-18(23-24)21-15(20-17)9-6-11(2)25-3/h7-8,10-11H,5-6,9H2,1-4H3. The van der Waals surface area contributed by atoms with Gasteiger partial charge in [-0.1, -0.05) is 11.6 Å². The molecule has 0 fully saturated rings. The number of nitrogens with zero attached hydrogens (tertiary/aromatic N) is 5. The zero-order valence-corrected chi connectivity index (χ0v) is 16.1. The van der Waals surface area contributed by atoms with E-state index < -0.39 is 0 Å². The van der Waals surface area contributed by atoms with Crippen LogP contribution in [0.15, 0.2) is 18.2 Å². The molecule has 138 valence electrons. The Morgan fingerprint density at radius 3 is 2.62 bits per heavy atom. The van der Waals surface area contributed by atoms with Gasteiger partial charge < -0.3 is 9.47 Å². The van der Waals surface area contributed by atoms with E-state index in [2.05, 4.69) is 20.2 Å². The molecule has 0 aliphatic carbocycles. The Kier molecular flexibility index (Phi) is 5.68. The smallest absolute Gasteiger partial charge is 0.204 e. The van der Waals surface area contributed by atoms with Crippen LogP contribution in [0.5, 0.6) is 5.75 Å². The number of ether oxygens (including phenoxy) is 2. The number of hydrogen-bond acceptors (Lipinski definition) is 6. The van der Waals surface area contributed by atoms with Gasteiger partial charge >= 0.3 is 0 Å². The van der Waals surface area contributed by atoms with E-state index in [1.165, 1.54) is 0 Å². The highest BCUT2D eigenvalue weighted by molar-refractivity contribution is 6.33. The number of imidazole rings is 1. The van der Waals surface area contributed by atoms with E-state index in [4.69, 9.17) is 21.1 Å². The molecular formula is C18H22ClN5O2. The lowest BCUT2D eigenvalue weighted by molar-refractivity contribution is 0.111. The average molecular weight is 376 g/mol. The first-order valence-electron chi connectivity index (χ1n) is 8.54. The lowest BCUT2D eigenvalue weighted by Gasteiger charge is -2.10. The average Bonchev–Trinajstić information content (AvgIpc) is 3.08. The van der Waals surface area contributed by atoms with E-state index in [0.29, 0.717) is 40.9 Å². The van der Waals surface area contributed by atoms with Crippen molar-refractivity contribution in [2.24, 2.45) is 0 Å². The highest BCUT2D eigenvalue weighted by Crippen LogP contribution is 2.35. The molecule has 3 rings (SSSR count). The van der Waals surface area contributed by atoms with Gasteiger partial charge in [0.15, 0.2) is 0 Å². The minimum atomic E-state index is 0.152. The van der Waals surface area contributed by atoms with Gasteiger partial charge in [0, 0.05) is 19.1 Å². The van der Waals surface area contributed by atoms with Crippen LogP contribution < -0.4 is 4.74 Å². The summed E-state index contributed by atoms with van der Waals surface area (Å²) < 4.78 is 10.5. The lowest BCUT2D eigenvalue weighted by atomic mass is 10.1. The van der Waals surface area contributed by atoms with Gasteiger partial charge in [-0.05, 0) is 38.5 Å². The first-order valence-corrected chi connectivity index (χ1v) is 8.92. The third-order valence-electron chi connectivity index (χ3n) is 4.23. The number of aromatic nitrogens is 5. The first-order chi connectivity index (χ1) is 12.5. The maximum absolute atomic E-state index is 6.45. The van der Waals surface area contributed by atoms with Crippen LogP contribution in [-0.4, -0.2) is 45.3 Å². The van der Waals surface area contributed by atoms with Gasteiger partial charge in [0.1, 0.15) is 23.0 Å². The summed E-state index contributed by atoms with van der Waals surface area (Å²) in [5.41, 5.74) is 2.10. The topological polar surface area (TPSA) is 75.0 Å². The molecule has 2 heterocycles. The number of hydrogen-bond donors (Lipinski definition) is 0. The van der Waals surface area contributed by atoms with Crippen molar-refractivity contribution in [1.29, 1.82) is 0 Å². The van der Waals surface area contributed by atoms with Crippen molar-refractivity contribution in [3.63, 3.8) is 0 Å². The number of halogens is 1. The van der Waals surface area contributed by atoms with Crippen molar-refractivity contribution in [2.45, 2.75) is 39.3 Å². The Balaban J connectivity index is 2.05. The van der Waals surface area contributed by atoms with Crippen molar-refractivity contribution in [1.82, 2.24) is 25.0 Å². The van der Waals surface area contributed by atoms with Crippen molar-refractivity contribution in [3.8, 4) is 28.5 Å². The molecule has 1 atom stereocenters. The van der Waals surface area contributed by atoms with Gasteiger partial charge in [0.05, 0.1) is 24.8 Å². The highest BCUT2D eigenvalue weighted by atomic mass is 35.5. The minimum Gasteiger partial charge on any atom is -0.497 e. The molecule has 1 aromatic rings. The summed E-state index contributed by atoms with van der Waals surface area (Å²) in [5.74, 6) is 2.00. The fraction of sp³-hybridized carbons (Fsp3) is 0.444. The summed E-state index contributed by atoms with van der Waals surface area (Å²) in [6.07, 6.45) is 1.71. The van der Waals surface area contributed by atoms with E-state index in [1.807, 2.05) is 26.0 Å². The first kappa shape index (κ1) is 18.5. The monoisotopic (exact) mass is 375 g/mol. The third-order valence-corrected chi connectivity index (χ3v) is 4.54. The highest BCUT2D eigenvalue weighted by Gasteiger charge is 2.22. The molecule has 0 saturated heterocycles. The largest absolute Gasteiger partial charge is 0.497 e. The van der Waals surface area contributed by atoms with E-state index in [-0.39, 0.29) is 6.10 Å². The van der Waals surface area contributed by atoms with Gasteiger partial charge in [0.2, 0.25) is 5.82 Å². The molecule has 2 aliphatic rings. The van der Waals surface area contributed by atoms with E-state index in [0.717, 1.165) is 17.8 Å². The normalized spacial score (nSPS) is 12.5. The zero-order chi connectivity index (χ0) is 18.7. The predicted molar refractivity (Wildman–Crippen MR) is 99.7 cm³/mol. The molecule has 26 heavy (non-hydrogen) atoms. The lowest BCUT2D eigenvalue weighted by Crippen LogP contribution is -2.11. The van der Waals surface area contributed by atoms with Gasteiger partial charge in [-0.15, -0.1) is 5.10 Å². The Labute approximate surface area is 157 Å². The Morgan fingerprint density at radius 2 is 1.96 bits per heavy atom. The molecule has 7 nitrogen and oxygen atoms in total. The Hall–Kier alpha value is -2.25. The van der Waals surface area contributed by atoms with Crippen LogP contribution in [0.4, 0.5) is 0 Å². The molecule has 1 aromatic carbocycles. The second-order valence-corrected chi connectivity index (χ2v) is 6.39. The predicted octanol–water partition coefficient (Wildman–Crippen LogP) is 3.49. The fourth-order valence-corrected chi connectivity index (χ4v) is 2.86. The molecule has 2 aliphatic heterocycles. The van der Waals surface area contributed by atoms with Gasteiger partial charge in [-0.3, -0.25) is 0 Å². The number of fused-ring (bicyclic) bond motifs is 1. The molecule has 0 amide bonds. The van der Waals surface area contributed by atoms with Crippen molar-refractivity contribution >= 4 is 11.6 Å². The number of rotatable bonds is 7. The molecule has 0 saturated carbocycles. The molecule has 0 N–H and O–H groups in total. The molecule has 8 heteroatoms. The van der Waals surface area contributed by atoms with Crippen molar-refractivity contribution in [3.05, 3.63) is 29.0 Å². The summed E-state index contributed by atoms with van der Waals surface area (Å²) >= 11 is 6.45. The SMILES string of the molecule is CCn1nc2nc(CCC(C)OC)nc-2c(-c2ccc(OC)cc2Cl)n1. The minimum absolute atomic E-state index is 0.152. The van der Waals surface area contributed by atoms with Gasteiger partial charge in [-0.25, -0.2) is 9.97 Å². The molecule has 1 unspecified atom stereocenters. The molecule has 0 spiro atoms. The third kappa shape index (κ3) is 3.78. The van der Waals surface area contributed by atoms with Crippen LogP contribution in [0.3, 0.4) is 0 Å². The summed E-state index contributed by atoms with van der Waals surface area (Å²) in [6, 6.07) is 5.49. The van der Waals surface area contributed by atoms with E-state index >= 15 is 0 Å². The van der Waals surface area contributed by atoms with Crippen LogP contribution in [0.1, 0.15) is 26.1 Å². The van der Waals surface area contributed by atoms with E-state index in [1.54, 1.807) is 25.1 Å². The second kappa shape index (κ2) is 7.97. The molecule has 0 radical (unpaired) electrons. The summed E-state index contributed by atoms with van der Waals surface area (Å²) in [6.45, 7) is 4.62. The van der Waals surface area contributed by atoms with Crippen LogP contribution >= 0.6 is 11.6 Å². The quantitative estimate of drug-likeness (QED) is 0.629. The number of benzene rings is 1. The summed E-state index contributed by atoms with van der Waals surface area (Å²) in [5, 5.41) is 9.57. The van der Waals surface area contributed by atoms with Gasteiger partial charge in [0.25, 0.3) is 0 Å². The summed E-state index contributed by atoms with van der Waals surface area (Å²) in [7, 11) is 3.31. The number of aryl methyl sites for hydroxylation is 2. The maximum Gasteiger partial charge on any atom is 0.204 e. The second-order valence-electron chi connectivity index (χ2n) is 5.98. The summed E-state index contributed by atoms with van der Waals surface area (Å²) in [4.78, 5) is 10.8. The van der Waals surface area contributed by atoms with Crippen molar-refractivity contribution in [2.75, 3.05) is 14.2 Å². The fourth-order valence-electron chi connectivity index (χ4n) is 2.60. The van der Waals surface area contributed by atoms with Gasteiger partial charge in [-0.2, -0.15) is 9.90 Å². The molecule has 0 bridgehead atoms. The zero-order valence-electron chi connectivity index (χ0n) is 15.4. The number of methoxy groups -OCH3 is 2. The van der Waals surface area contributed by atoms with Crippen molar-refractivity contribution < 1.29 is 9.47 Å². The van der Waals surface area contributed by atoms with Crippen LogP contribution in [-0.2, 0) is 17.7 Å². The van der Waals surface area contributed by atoms with Crippen LogP contribution in [0.25, 0.3) is 22.8 Å². The Bertz CT molecular complexity index is 867. The Morgan fingerprint density at radius 1 is 1.15 bits per heavy atom. The molecular weight excluding hydrogens is 354 g/mol. The van der Waals surface area contributed by atoms with E-state index in [9.17, 15) is 0 Å². The molecule has 0 aromatic heterocycles. The maximum atomic E-state index is 6.45.